The molecule has 2 aromatic carbocycles. The van der Waals surface area contributed by atoms with Crippen molar-refractivity contribution in [1.82, 2.24) is 0 Å². The number of nitrogens with one attached hydrogen (secondary N) is 2. The molecule has 2 N–H and O–H groups in total. The zero-order valence-electron chi connectivity index (χ0n) is 9.91. The molecule has 4 heteroatoms. The smallest absolute Gasteiger partial charge is 0.255 e. The summed E-state index contributed by atoms with van der Waals surface area (Å²) < 4.78 is 0. The molecular weight excluding hydrogens is 248 g/mol. The van der Waals surface area contributed by atoms with E-state index in [1.165, 1.54) is 0 Å². The Morgan fingerprint density at radius 2 is 1.78 bits per heavy atom. The second kappa shape index (κ2) is 5.56. The first kappa shape index (κ1) is 12.5. The average Bonchev–Trinajstić information content (AvgIpc) is 2.41. The van der Waals surface area contributed by atoms with Gasteiger partial charge in [0, 0.05) is 17.6 Å². The lowest BCUT2D eigenvalue weighted by Crippen LogP contribution is -2.12. The summed E-state index contributed by atoms with van der Waals surface area (Å²) in [5.74, 6) is -0.144. The maximum atomic E-state index is 12.0. The van der Waals surface area contributed by atoms with Crippen LogP contribution in [-0.2, 0) is 0 Å². The molecule has 0 unspecified atom stereocenters. The fourth-order valence-corrected chi connectivity index (χ4v) is 1.79. The summed E-state index contributed by atoms with van der Waals surface area (Å²) in [5.41, 5.74) is 2.11. The normalized spacial score (nSPS) is 9.89. The number of benzene rings is 2. The molecule has 1 amide bonds. The predicted octanol–water partition coefficient (Wildman–Crippen LogP) is 3.63. The van der Waals surface area contributed by atoms with Crippen LogP contribution in [0.5, 0.6) is 0 Å². The van der Waals surface area contributed by atoms with Gasteiger partial charge in [-0.3, -0.25) is 4.79 Å². The van der Waals surface area contributed by atoms with Gasteiger partial charge in [0.1, 0.15) is 0 Å². The molecule has 0 aliphatic heterocycles. The highest BCUT2D eigenvalue weighted by molar-refractivity contribution is 6.31. The summed E-state index contributed by atoms with van der Waals surface area (Å²) >= 11 is 5.90. The Morgan fingerprint density at radius 1 is 1.06 bits per heavy atom. The second-order valence-corrected chi connectivity index (χ2v) is 4.20. The Balaban J connectivity index is 2.22. The quantitative estimate of drug-likeness (QED) is 0.885. The van der Waals surface area contributed by atoms with Crippen molar-refractivity contribution in [3.8, 4) is 0 Å². The second-order valence-electron chi connectivity index (χ2n) is 3.76. The molecule has 92 valence electrons. The Bertz CT molecular complexity index is 555. The van der Waals surface area contributed by atoms with E-state index >= 15 is 0 Å². The van der Waals surface area contributed by atoms with Gasteiger partial charge >= 0.3 is 0 Å². The van der Waals surface area contributed by atoms with Crippen LogP contribution in [0.25, 0.3) is 0 Å². The molecular formula is C14H13ClN2O. The van der Waals surface area contributed by atoms with Crippen LogP contribution in [0.15, 0.2) is 48.5 Å². The van der Waals surface area contributed by atoms with Crippen molar-refractivity contribution in [2.75, 3.05) is 17.7 Å². The van der Waals surface area contributed by atoms with Crippen LogP contribution in [0, 0.1) is 0 Å². The van der Waals surface area contributed by atoms with Gasteiger partial charge in [-0.2, -0.15) is 0 Å². The fraction of sp³-hybridized carbons (Fsp3) is 0.0714. The molecule has 0 heterocycles. The first-order chi connectivity index (χ1) is 8.70. The highest BCUT2D eigenvalue weighted by atomic mass is 35.5. The molecule has 0 saturated heterocycles. The molecule has 0 atom stereocenters. The minimum atomic E-state index is -0.144. The molecule has 0 aromatic heterocycles. The van der Waals surface area contributed by atoms with Crippen LogP contribution in [0.1, 0.15) is 10.4 Å². The number of amides is 1. The summed E-state index contributed by atoms with van der Waals surface area (Å²) in [6.45, 7) is 0. The molecule has 2 rings (SSSR count). The zero-order valence-corrected chi connectivity index (χ0v) is 10.7. The van der Waals surface area contributed by atoms with Crippen molar-refractivity contribution >= 4 is 28.9 Å². The Morgan fingerprint density at radius 3 is 2.44 bits per heavy atom. The molecule has 18 heavy (non-hydrogen) atoms. The summed E-state index contributed by atoms with van der Waals surface area (Å²) in [6.07, 6.45) is 0. The van der Waals surface area contributed by atoms with Crippen LogP contribution in [0.4, 0.5) is 11.4 Å². The summed E-state index contributed by atoms with van der Waals surface area (Å²) in [7, 11) is 1.78. The van der Waals surface area contributed by atoms with Gasteiger partial charge in [0.25, 0.3) is 5.91 Å². The van der Waals surface area contributed by atoms with Gasteiger partial charge < -0.3 is 10.6 Å². The summed E-state index contributed by atoms with van der Waals surface area (Å²) in [6, 6.07) is 14.3. The van der Waals surface area contributed by atoms with Crippen molar-refractivity contribution in [3.63, 3.8) is 0 Å². The van der Waals surface area contributed by atoms with E-state index in [0.717, 1.165) is 5.69 Å². The lowest BCUT2D eigenvalue weighted by Gasteiger charge is -2.11. The molecule has 0 spiro atoms. The van der Waals surface area contributed by atoms with Crippen molar-refractivity contribution in [2.24, 2.45) is 0 Å². The van der Waals surface area contributed by atoms with E-state index in [1.807, 2.05) is 18.2 Å². The van der Waals surface area contributed by atoms with Crippen molar-refractivity contribution in [1.29, 1.82) is 0 Å². The van der Waals surface area contributed by atoms with E-state index in [2.05, 4.69) is 10.6 Å². The molecule has 0 saturated carbocycles. The topological polar surface area (TPSA) is 41.1 Å². The number of carbonyl (C=O) groups is 1. The highest BCUT2D eigenvalue weighted by Crippen LogP contribution is 2.25. The number of carbonyl (C=O) groups excluding carboxylic acids is 1. The van der Waals surface area contributed by atoms with Crippen LogP contribution < -0.4 is 10.6 Å². The third-order valence-electron chi connectivity index (χ3n) is 2.54. The van der Waals surface area contributed by atoms with E-state index in [-0.39, 0.29) is 5.91 Å². The highest BCUT2D eigenvalue weighted by Gasteiger charge is 2.08. The number of hydrogen-bond acceptors (Lipinski definition) is 2. The van der Waals surface area contributed by atoms with Gasteiger partial charge in [0.15, 0.2) is 0 Å². The molecule has 3 nitrogen and oxygen atoms in total. The van der Waals surface area contributed by atoms with Gasteiger partial charge in [0.05, 0.1) is 11.4 Å². The van der Waals surface area contributed by atoms with Crippen molar-refractivity contribution < 1.29 is 4.79 Å². The van der Waals surface area contributed by atoms with Crippen LogP contribution >= 0.6 is 11.6 Å². The Hall–Kier alpha value is -2.00. The largest absolute Gasteiger partial charge is 0.386 e. The summed E-state index contributed by atoms with van der Waals surface area (Å²) in [5, 5.41) is 6.46. The maximum Gasteiger partial charge on any atom is 0.255 e. The van der Waals surface area contributed by atoms with Gasteiger partial charge in [-0.1, -0.05) is 29.8 Å². The Labute approximate surface area is 111 Å². The maximum absolute atomic E-state index is 12.0. The molecule has 0 aliphatic carbocycles. The van der Waals surface area contributed by atoms with Gasteiger partial charge in [-0.05, 0) is 30.3 Å². The first-order valence-electron chi connectivity index (χ1n) is 5.54. The predicted molar refractivity (Wildman–Crippen MR) is 75.4 cm³/mol. The summed E-state index contributed by atoms with van der Waals surface area (Å²) in [4.78, 5) is 12.0. The SMILES string of the molecule is CNc1cc(Cl)ccc1NC(=O)c1ccccc1. The monoisotopic (exact) mass is 260 g/mol. The number of hydrogen-bond donors (Lipinski definition) is 2. The van der Waals surface area contributed by atoms with E-state index in [1.54, 1.807) is 37.4 Å². The number of halogens is 1. The lowest BCUT2D eigenvalue weighted by atomic mass is 10.2. The van der Waals surface area contributed by atoms with Gasteiger partial charge in [-0.15, -0.1) is 0 Å². The lowest BCUT2D eigenvalue weighted by molar-refractivity contribution is 0.102. The standard InChI is InChI=1S/C14H13ClN2O/c1-16-13-9-11(15)7-8-12(13)17-14(18)10-5-3-2-4-6-10/h2-9,16H,1H3,(H,17,18). The van der Waals surface area contributed by atoms with E-state index in [9.17, 15) is 4.79 Å². The third-order valence-corrected chi connectivity index (χ3v) is 2.77. The number of anilines is 2. The number of rotatable bonds is 3. The molecule has 2 aromatic rings. The van der Waals surface area contributed by atoms with Gasteiger partial charge in [-0.25, -0.2) is 0 Å². The third kappa shape index (κ3) is 2.81. The average molecular weight is 261 g/mol. The van der Waals surface area contributed by atoms with E-state index in [4.69, 9.17) is 11.6 Å². The molecule has 0 radical (unpaired) electrons. The van der Waals surface area contributed by atoms with Crippen LogP contribution in [-0.4, -0.2) is 13.0 Å². The fourth-order valence-electron chi connectivity index (χ4n) is 1.62. The zero-order chi connectivity index (χ0) is 13.0. The van der Waals surface area contributed by atoms with E-state index in [0.29, 0.717) is 16.3 Å². The van der Waals surface area contributed by atoms with Crippen molar-refractivity contribution in [3.05, 3.63) is 59.1 Å². The molecule has 0 bridgehead atoms. The molecule has 0 aliphatic rings. The van der Waals surface area contributed by atoms with Crippen LogP contribution in [0.2, 0.25) is 5.02 Å². The van der Waals surface area contributed by atoms with Crippen LogP contribution in [0.3, 0.4) is 0 Å². The van der Waals surface area contributed by atoms with E-state index < -0.39 is 0 Å². The van der Waals surface area contributed by atoms with Crippen molar-refractivity contribution in [2.45, 2.75) is 0 Å². The van der Waals surface area contributed by atoms with Gasteiger partial charge in [0.2, 0.25) is 0 Å². The first-order valence-corrected chi connectivity index (χ1v) is 5.92. The molecule has 0 fully saturated rings. The Kier molecular flexibility index (Phi) is 3.85. The minimum absolute atomic E-state index is 0.144. The minimum Gasteiger partial charge on any atom is -0.386 e.